The summed E-state index contributed by atoms with van der Waals surface area (Å²) in [5, 5.41) is 14.5. The Morgan fingerprint density at radius 3 is 2.59 bits per heavy atom. The van der Waals surface area contributed by atoms with Crippen LogP contribution in [-0.2, 0) is 4.79 Å². The third-order valence-corrected chi connectivity index (χ3v) is 6.02. The standard InChI is InChI=1S/C20H22ClN3O3/c1-11-3-6-14(7-17(11)21)24-18(13-4-5-13)15(8-22-24)19(25)23-9-12(2)16(10-23)20(26)27/h3,6-8,12-13,16H,4-5,9-10H2,1-2H3,(H,26,27)/t12-,16-/m1/s1. The third-order valence-electron chi connectivity index (χ3n) is 5.62. The van der Waals surface area contributed by atoms with Crippen LogP contribution < -0.4 is 0 Å². The first-order valence-corrected chi connectivity index (χ1v) is 9.61. The maximum absolute atomic E-state index is 13.1. The molecule has 0 radical (unpaired) electrons. The highest BCUT2D eigenvalue weighted by atomic mass is 35.5. The van der Waals surface area contributed by atoms with Crippen LogP contribution in [0.25, 0.3) is 5.69 Å². The normalized spacial score (nSPS) is 22.3. The lowest BCUT2D eigenvalue weighted by Crippen LogP contribution is -2.30. The van der Waals surface area contributed by atoms with Crippen LogP contribution in [-0.4, -0.2) is 44.8 Å². The number of aryl methyl sites for hydroxylation is 1. The van der Waals surface area contributed by atoms with Crippen molar-refractivity contribution in [2.24, 2.45) is 11.8 Å². The number of hydrogen-bond donors (Lipinski definition) is 1. The van der Waals surface area contributed by atoms with E-state index >= 15 is 0 Å². The minimum atomic E-state index is -0.842. The predicted molar refractivity (Wildman–Crippen MR) is 101 cm³/mol. The number of amides is 1. The van der Waals surface area contributed by atoms with Crippen molar-refractivity contribution in [1.29, 1.82) is 0 Å². The minimum absolute atomic E-state index is 0.0539. The molecule has 2 aliphatic rings. The summed E-state index contributed by atoms with van der Waals surface area (Å²) in [6, 6.07) is 5.76. The molecule has 142 valence electrons. The average molecular weight is 388 g/mol. The fourth-order valence-electron chi connectivity index (χ4n) is 3.82. The van der Waals surface area contributed by atoms with Crippen LogP contribution in [0.4, 0.5) is 0 Å². The molecule has 1 saturated heterocycles. The smallest absolute Gasteiger partial charge is 0.308 e. The van der Waals surface area contributed by atoms with Crippen molar-refractivity contribution in [3.8, 4) is 5.69 Å². The van der Waals surface area contributed by atoms with Gasteiger partial charge in [-0.15, -0.1) is 0 Å². The number of rotatable bonds is 4. The third kappa shape index (κ3) is 3.23. The zero-order valence-corrected chi connectivity index (χ0v) is 16.1. The van der Waals surface area contributed by atoms with E-state index in [0.29, 0.717) is 23.0 Å². The molecular formula is C20H22ClN3O3. The van der Waals surface area contributed by atoms with Crippen LogP contribution in [0, 0.1) is 18.8 Å². The lowest BCUT2D eigenvalue weighted by atomic mass is 9.99. The van der Waals surface area contributed by atoms with Gasteiger partial charge in [-0.3, -0.25) is 9.59 Å². The molecule has 1 amide bonds. The first-order chi connectivity index (χ1) is 12.9. The summed E-state index contributed by atoms with van der Waals surface area (Å²) >= 11 is 6.27. The first kappa shape index (κ1) is 18.0. The molecule has 1 saturated carbocycles. The van der Waals surface area contributed by atoms with E-state index in [-0.39, 0.29) is 18.4 Å². The SMILES string of the molecule is Cc1ccc(-n2ncc(C(=O)N3C[C@@H](C)[C@H](C(=O)O)C3)c2C2CC2)cc1Cl. The lowest BCUT2D eigenvalue weighted by molar-refractivity contribution is -0.142. The van der Waals surface area contributed by atoms with Gasteiger partial charge in [0.2, 0.25) is 0 Å². The van der Waals surface area contributed by atoms with Crippen LogP contribution in [0.1, 0.15) is 47.3 Å². The number of aliphatic carboxylic acids is 1. The molecule has 2 atom stereocenters. The molecule has 1 aromatic carbocycles. The van der Waals surface area contributed by atoms with E-state index in [9.17, 15) is 14.7 Å². The molecule has 4 rings (SSSR count). The van der Waals surface area contributed by atoms with Crippen LogP contribution in [0.15, 0.2) is 24.4 Å². The van der Waals surface area contributed by atoms with Crippen molar-refractivity contribution in [3.63, 3.8) is 0 Å². The summed E-state index contributed by atoms with van der Waals surface area (Å²) in [6.07, 6.45) is 3.67. The van der Waals surface area contributed by atoms with E-state index in [1.54, 1.807) is 11.1 Å². The van der Waals surface area contributed by atoms with E-state index in [4.69, 9.17) is 11.6 Å². The maximum atomic E-state index is 13.1. The summed E-state index contributed by atoms with van der Waals surface area (Å²) < 4.78 is 1.81. The Morgan fingerprint density at radius 1 is 1.26 bits per heavy atom. The number of aromatic nitrogens is 2. The summed E-state index contributed by atoms with van der Waals surface area (Å²) in [7, 11) is 0. The van der Waals surface area contributed by atoms with Crippen molar-refractivity contribution >= 4 is 23.5 Å². The zero-order valence-electron chi connectivity index (χ0n) is 15.4. The topological polar surface area (TPSA) is 75.4 Å². The fourth-order valence-corrected chi connectivity index (χ4v) is 3.99. The highest BCUT2D eigenvalue weighted by Crippen LogP contribution is 2.43. The Hall–Kier alpha value is -2.34. The molecule has 2 fully saturated rings. The van der Waals surface area contributed by atoms with Crippen molar-refractivity contribution in [1.82, 2.24) is 14.7 Å². The fraction of sp³-hybridized carbons (Fsp3) is 0.450. The average Bonchev–Trinajstić information content (AvgIpc) is 3.24. The molecule has 2 heterocycles. The molecule has 2 aromatic rings. The highest BCUT2D eigenvalue weighted by Gasteiger charge is 2.40. The summed E-state index contributed by atoms with van der Waals surface area (Å²) in [4.78, 5) is 26.2. The molecule has 1 N–H and O–H groups in total. The highest BCUT2D eigenvalue weighted by molar-refractivity contribution is 6.31. The number of carbonyl (C=O) groups is 2. The van der Waals surface area contributed by atoms with E-state index in [0.717, 1.165) is 29.8 Å². The number of likely N-dealkylation sites (tertiary alicyclic amines) is 1. The molecule has 0 bridgehead atoms. The van der Waals surface area contributed by atoms with E-state index < -0.39 is 11.9 Å². The van der Waals surface area contributed by atoms with Gasteiger partial charge >= 0.3 is 5.97 Å². The van der Waals surface area contributed by atoms with Crippen LogP contribution in [0.2, 0.25) is 5.02 Å². The second-order valence-electron chi connectivity index (χ2n) is 7.70. The van der Waals surface area contributed by atoms with Crippen LogP contribution in [0.3, 0.4) is 0 Å². The first-order valence-electron chi connectivity index (χ1n) is 9.23. The van der Waals surface area contributed by atoms with Crippen LogP contribution >= 0.6 is 11.6 Å². The molecule has 1 aliphatic heterocycles. The van der Waals surface area contributed by atoms with Gasteiger partial charge in [0.1, 0.15) is 0 Å². The number of carboxylic acids is 1. The number of benzene rings is 1. The predicted octanol–water partition coefficient (Wildman–Crippen LogP) is 3.50. The molecule has 1 aromatic heterocycles. The van der Waals surface area contributed by atoms with Gasteiger partial charge in [0.25, 0.3) is 5.91 Å². The summed E-state index contributed by atoms with van der Waals surface area (Å²) in [6.45, 7) is 4.54. The summed E-state index contributed by atoms with van der Waals surface area (Å²) in [5.41, 5.74) is 3.31. The largest absolute Gasteiger partial charge is 0.481 e. The van der Waals surface area contributed by atoms with Gasteiger partial charge < -0.3 is 10.0 Å². The summed E-state index contributed by atoms with van der Waals surface area (Å²) in [5.74, 6) is -1.23. The van der Waals surface area contributed by atoms with Crippen molar-refractivity contribution in [2.75, 3.05) is 13.1 Å². The number of carbonyl (C=O) groups excluding carboxylic acids is 1. The van der Waals surface area contributed by atoms with Gasteiger partial charge in [0.15, 0.2) is 0 Å². The van der Waals surface area contributed by atoms with E-state index in [1.807, 2.05) is 36.7 Å². The van der Waals surface area contributed by atoms with Gasteiger partial charge in [-0.2, -0.15) is 5.10 Å². The van der Waals surface area contributed by atoms with Gasteiger partial charge in [0.05, 0.1) is 29.1 Å². The lowest BCUT2D eigenvalue weighted by Gasteiger charge is -2.17. The van der Waals surface area contributed by atoms with Crippen LogP contribution in [0.5, 0.6) is 0 Å². The van der Waals surface area contributed by atoms with Crippen molar-refractivity contribution in [2.45, 2.75) is 32.6 Å². The monoisotopic (exact) mass is 387 g/mol. The number of halogens is 1. The molecule has 0 unspecified atom stereocenters. The molecule has 27 heavy (non-hydrogen) atoms. The Kier molecular flexibility index (Phi) is 4.46. The molecule has 0 spiro atoms. The minimum Gasteiger partial charge on any atom is -0.481 e. The second kappa shape index (κ2) is 6.68. The van der Waals surface area contributed by atoms with Crippen molar-refractivity contribution < 1.29 is 14.7 Å². The Balaban J connectivity index is 1.68. The second-order valence-corrected chi connectivity index (χ2v) is 8.10. The number of hydrogen-bond acceptors (Lipinski definition) is 3. The van der Waals surface area contributed by atoms with Gasteiger partial charge in [-0.25, -0.2) is 4.68 Å². The molecule has 6 nitrogen and oxygen atoms in total. The van der Waals surface area contributed by atoms with E-state index in [2.05, 4.69) is 5.10 Å². The maximum Gasteiger partial charge on any atom is 0.308 e. The van der Waals surface area contributed by atoms with Gasteiger partial charge in [-0.05, 0) is 43.4 Å². The molecule has 1 aliphatic carbocycles. The Bertz CT molecular complexity index is 919. The van der Waals surface area contributed by atoms with Gasteiger partial charge in [0, 0.05) is 24.0 Å². The molecule has 7 heteroatoms. The number of carboxylic acid groups (broad SMARTS) is 1. The van der Waals surface area contributed by atoms with Gasteiger partial charge in [-0.1, -0.05) is 24.6 Å². The van der Waals surface area contributed by atoms with E-state index in [1.165, 1.54) is 0 Å². The quantitative estimate of drug-likeness (QED) is 0.871. The molecular weight excluding hydrogens is 366 g/mol. The Morgan fingerprint density at radius 2 is 2.00 bits per heavy atom. The number of nitrogens with zero attached hydrogens (tertiary/aromatic N) is 3. The Labute approximate surface area is 162 Å². The zero-order chi connectivity index (χ0) is 19.3. The van der Waals surface area contributed by atoms with Crippen molar-refractivity contribution in [3.05, 3.63) is 46.2 Å².